The van der Waals surface area contributed by atoms with Gasteiger partial charge in [-0.1, -0.05) is 60.1 Å². The second-order valence-corrected chi connectivity index (χ2v) is 5.97. The molecular formula is C19H17ClFN3O. The van der Waals surface area contributed by atoms with Gasteiger partial charge < -0.3 is 5.32 Å². The maximum absolute atomic E-state index is 13.6. The Kier molecular flexibility index (Phi) is 5.46. The lowest BCUT2D eigenvalue weighted by atomic mass is 10.1. The third-order valence-corrected chi connectivity index (χ3v) is 4.19. The van der Waals surface area contributed by atoms with E-state index in [1.165, 1.54) is 16.9 Å². The zero-order valence-corrected chi connectivity index (χ0v) is 14.2. The molecule has 1 N–H and O–H groups in total. The first-order valence-electron chi connectivity index (χ1n) is 7.92. The number of nitrogens with zero attached hydrogens (tertiary/aromatic N) is 2. The highest BCUT2D eigenvalue weighted by Crippen LogP contribution is 2.16. The van der Waals surface area contributed by atoms with Crippen LogP contribution in [0.1, 0.15) is 11.1 Å². The molecule has 0 saturated carbocycles. The van der Waals surface area contributed by atoms with Gasteiger partial charge >= 0.3 is 0 Å². The molecule has 0 atom stereocenters. The van der Waals surface area contributed by atoms with E-state index in [4.69, 9.17) is 11.6 Å². The Morgan fingerprint density at radius 1 is 1.08 bits per heavy atom. The van der Waals surface area contributed by atoms with Crippen LogP contribution in [0.2, 0.25) is 5.02 Å². The van der Waals surface area contributed by atoms with Gasteiger partial charge in [-0.3, -0.25) is 4.79 Å². The van der Waals surface area contributed by atoms with Crippen molar-refractivity contribution in [3.8, 4) is 0 Å². The highest BCUT2D eigenvalue weighted by Gasteiger charge is 2.10. The molecule has 0 aliphatic heterocycles. The summed E-state index contributed by atoms with van der Waals surface area (Å²) >= 11 is 6.17. The molecule has 6 heteroatoms. The van der Waals surface area contributed by atoms with Gasteiger partial charge in [-0.15, -0.1) is 0 Å². The van der Waals surface area contributed by atoms with E-state index in [1.54, 1.807) is 18.2 Å². The molecule has 1 heterocycles. The van der Waals surface area contributed by atoms with E-state index in [2.05, 4.69) is 10.4 Å². The molecule has 3 rings (SSSR count). The van der Waals surface area contributed by atoms with Gasteiger partial charge in [0.2, 0.25) is 0 Å². The van der Waals surface area contributed by atoms with Gasteiger partial charge in [0.15, 0.2) is 0 Å². The lowest BCUT2D eigenvalue weighted by molar-refractivity contribution is 0.610. The molecule has 0 amide bonds. The fourth-order valence-electron chi connectivity index (χ4n) is 2.49. The summed E-state index contributed by atoms with van der Waals surface area (Å²) in [5.41, 5.74) is 1.67. The maximum atomic E-state index is 13.6. The molecule has 128 valence electrons. The van der Waals surface area contributed by atoms with E-state index in [9.17, 15) is 9.18 Å². The van der Waals surface area contributed by atoms with Gasteiger partial charge in [-0.05, 0) is 23.6 Å². The number of rotatable bonds is 6. The van der Waals surface area contributed by atoms with Crippen molar-refractivity contribution in [2.24, 2.45) is 0 Å². The summed E-state index contributed by atoms with van der Waals surface area (Å²) in [6, 6.07) is 16.2. The first-order valence-corrected chi connectivity index (χ1v) is 8.30. The molecule has 1 aromatic heterocycles. The highest BCUT2D eigenvalue weighted by atomic mass is 35.5. The molecule has 3 aromatic rings. The highest BCUT2D eigenvalue weighted by molar-refractivity contribution is 6.32. The number of anilines is 1. The summed E-state index contributed by atoms with van der Waals surface area (Å²) < 4.78 is 14.9. The molecular weight excluding hydrogens is 341 g/mol. The Balaban J connectivity index is 1.68. The molecule has 0 bridgehead atoms. The van der Waals surface area contributed by atoms with Crippen molar-refractivity contribution in [3.63, 3.8) is 0 Å². The molecule has 4 nitrogen and oxygen atoms in total. The van der Waals surface area contributed by atoms with Gasteiger partial charge in [-0.2, -0.15) is 5.10 Å². The number of aromatic nitrogens is 2. The fourth-order valence-corrected chi connectivity index (χ4v) is 2.70. The van der Waals surface area contributed by atoms with Gasteiger partial charge in [0.1, 0.15) is 10.8 Å². The van der Waals surface area contributed by atoms with Gasteiger partial charge in [-0.25, -0.2) is 9.07 Å². The van der Waals surface area contributed by atoms with Crippen molar-refractivity contribution in [2.45, 2.75) is 13.0 Å². The molecule has 0 spiro atoms. The predicted molar refractivity (Wildman–Crippen MR) is 97.6 cm³/mol. The number of benzene rings is 2. The number of hydrogen-bond donors (Lipinski definition) is 1. The smallest absolute Gasteiger partial charge is 0.287 e. The fraction of sp³-hybridized carbons (Fsp3) is 0.158. The summed E-state index contributed by atoms with van der Waals surface area (Å²) in [5.74, 6) is -0.244. The van der Waals surface area contributed by atoms with Crippen LogP contribution in [-0.2, 0) is 13.0 Å². The molecule has 0 fully saturated rings. The quantitative estimate of drug-likeness (QED) is 0.731. The standard InChI is InChI=1S/C19H17ClFN3O/c20-18-17(22-11-10-15-8-4-5-9-16(15)21)12-23-24(19(18)25)13-14-6-2-1-3-7-14/h1-9,12,22H,10-11,13H2. The average Bonchev–Trinajstić information content (AvgIpc) is 2.63. The molecule has 0 saturated heterocycles. The van der Waals surface area contributed by atoms with E-state index in [0.717, 1.165) is 5.56 Å². The summed E-state index contributed by atoms with van der Waals surface area (Å²) in [6.45, 7) is 0.805. The summed E-state index contributed by atoms with van der Waals surface area (Å²) in [7, 11) is 0. The van der Waals surface area contributed by atoms with Crippen LogP contribution in [-0.4, -0.2) is 16.3 Å². The monoisotopic (exact) mass is 357 g/mol. The van der Waals surface area contributed by atoms with E-state index in [-0.39, 0.29) is 16.4 Å². The second-order valence-electron chi connectivity index (χ2n) is 5.59. The largest absolute Gasteiger partial charge is 0.382 e. The maximum Gasteiger partial charge on any atom is 0.287 e. The predicted octanol–water partition coefficient (Wildman–Crippen LogP) is 3.74. The van der Waals surface area contributed by atoms with E-state index in [1.807, 2.05) is 30.3 Å². The molecule has 2 aromatic carbocycles. The van der Waals surface area contributed by atoms with E-state index >= 15 is 0 Å². The summed E-state index contributed by atoms with van der Waals surface area (Å²) in [6.07, 6.45) is 2.00. The summed E-state index contributed by atoms with van der Waals surface area (Å²) in [5, 5.41) is 7.29. The molecule has 0 aliphatic carbocycles. The van der Waals surface area contributed by atoms with Crippen LogP contribution in [0.15, 0.2) is 65.6 Å². The van der Waals surface area contributed by atoms with Gasteiger partial charge in [0, 0.05) is 6.54 Å². The Bertz CT molecular complexity index is 912. The Hall–Kier alpha value is -2.66. The van der Waals surface area contributed by atoms with Crippen molar-refractivity contribution < 1.29 is 4.39 Å². The van der Waals surface area contributed by atoms with Crippen LogP contribution in [0, 0.1) is 5.82 Å². The minimum atomic E-state index is -0.360. The number of halogens is 2. The van der Waals surface area contributed by atoms with Crippen LogP contribution in [0.5, 0.6) is 0 Å². The van der Waals surface area contributed by atoms with Crippen molar-refractivity contribution in [2.75, 3.05) is 11.9 Å². The van der Waals surface area contributed by atoms with Crippen molar-refractivity contribution >= 4 is 17.3 Å². The van der Waals surface area contributed by atoms with Crippen LogP contribution >= 0.6 is 11.6 Å². The van der Waals surface area contributed by atoms with Crippen molar-refractivity contribution in [1.82, 2.24) is 9.78 Å². The van der Waals surface area contributed by atoms with Gasteiger partial charge in [0.05, 0.1) is 18.4 Å². The van der Waals surface area contributed by atoms with Crippen LogP contribution < -0.4 is 10.9 Å². The molecule has 25 heavy (non-hydrogen) atoms. The lowest BCUT2D eigenvalue weighted by Gasteiger charge is -2.11. The van der Waals surface area contributed by atoms with Crippen LogP contribution in [0.25, 0.3) is 0 Å². The third kappa shape index (κ3) is 4.25. The average molecular weight is 358 g/mol. The third-order valence-electron chi connectivity index (χ3n) is 3.83. The number of hydrogen-bond acceptors (Lipinski definition) is 3. The SMILES string of the molecule is O=c1c(Cl)c(NCCc2ccccc2F)cnn1Cc1ccccc1. The Morgan fingerprint density at radius 2 is 1.80 bits per heavy atom. The minimum Gasteiger partial charge on any atom is -0.382 e. The summed E-state index contributed by atoms with van der Waals surface area (Å²) in [4.78, 5) is 12.3. The normalized spacial score (nSPS) is 10.6. The van der Waals surface area contributed by atoms with E-state index in [0.29, 0.717) is 30.8 Å². The van der Waals surface area contributed by atoms with Crippen LogP contribution in [0.4, 0.5) is 10.1 Å². The first kappa shape index (κ1) is 17.2. The molecule has 0 unspecified atom stereocenters. The van der Waals surface area contributed by atoms with Crippen molar-refractivity contribution in [1.29, 1.82) is 0 Å². The van der Waals surface area contributed by atoms with Crippen molar-refractivity contribution in [3.05, 3.63) is 93.1 Å². The number of nitrogens with one attached hydrogen (secondary N) is 1. The minimum absolute atomic E-state index is 0.0828. The van der Waals surface area contributed by atoms with Gasteiger partial charge in [0.25, 0.3) is 5.56 Å². The topological polar surface area (TPSA) is 46.9 Å². The second kappa shape index (κ2) is 7.94. The van der Waals surface area contributed by atoms with E-state index < -0.39 is 0 Å². The molecule has 0 aliphatic rings. The zero-order chi connectivity index (χ0) is 17.6. The first-order chi connectivity index (χ1) is 12.1. The Labute approximate surface area is 149 Å². The molecule has 0 radical (unpaired) electrons. The Morgan fingerprint density at radius 3 is 2.56 bits per heavy atom. The zero-order valence-electron chi connectivity index (χ0n) is 13.5. The lowest BCUT2D eigenvalue weighted by Crippen LogP contribution is -2.25. The van der Waals surface area contributed by atoms with Crippen LogP contribution in [0.3, 0.4) is 0 Å².